The zero-order valence-corrected chi connectivity index (χ0v) is 10.1. The number of rotatable bonds is 3. The van der Waals surface area contributed by atoms with Crippen LogP contribution in [0.1, 0.15) is 19.4 Å². The van der Waals surface area contributed by atoms with Gasteiger partial charge in [-0.3, -0.25) is 0 Å². The number of thioether (sulfide) groups is 1. The van der Waals surface area contributed by atoms with Crippen molar-refractivity contribution in [3.05, 3.63) is 28.8 Å². The van der Waals surface area contributed by atoms with Crippen LogP contribution in [0.4, 0.5) is 0 Å². The zero-order chi connectivity index (χ0) is 11.4. The molecule has 4 heteroatoms. The van der Waals surface area contributed by atoms with Gasteiger partial charge in [-0.1, -0.05) is 18.5 Å². The molecule has 0 saturated heterocycles. The molecule has 2 nitrogen and oxygen atoms in total. The summed E-state index contributed by atoms with van der Waals surface area (Å²) in [4.78, 5) is 0.893. The normalized spacial score (nSPS) is 14.3. The fourth-order valence-electron chi connectivity index (χ4n) is 0.965. The number of hydrogen-bond donors (Lipinski definition) is 1. The van der Waals surface area contributed by atoms with Crippen LogP contribution in [0.15, 0.2) is 23.1 Å². The minimum atomic E-state index is -0.387. The van der Waals surface area contributed by atoms with E-state index in [1.165, 1.54) is 11.8 Å². The number of halogens is 1. The fourth-order valence-corrected chi connectivity index (χ4v) is 2.19. The summed E-state index contributed by atoms with van der Waals surface area (Å²) in [6.45, 7) is 3.68. The maximum atomic E-state index is 9.36. The van der Waals surface area contributed by atoms with Gasteiger partial charge in [0.15, 0.2) is 0 Å². The Morgan fingerprint density at radius 2 is 2.13 bits per heavy atom. The average Bonchev–Trinajstić information content (AvgIpc) is 2.20. The monoisotopic (exact) mass is 241 g/mol. The van der Waals surface area contributed by atoms with Crippen LogP contribution in [0.2, 0.25) is 5.02 Å². The lowest BCUT2D eigenvalue weighted by Gasteiger charge is -2.14. The Kier molecular flexibility index (Phi) is 4.46. The molecule has 15 heavy (non-hydrogen) atoms. The van der Waals surface area contributed by atoms with E-state index in [1.54, 1.807) is 19.1 Å². The van der Waals surface area contributed by atoms with Gasteiger partial charge in [0.05, 0.1) is 22.8 Å². The maximum absolute atomic E-state index is 9.36. The topological polar surface area (TPSA) is 44.0 Å². The summed E-state index contributed by atoms with van der Waals surface area (Å²) >= 11 is 7.51. The first-order valence-corrected chi connectivity index (χ1v) is 5.84. The van der Waals surface area contributed by atoms with Crippen molar-refractivity contribution in [2.45, 2.75) is 30.1 Å². The predicted octanol–water partition coefficient (Wildman–Crippen LogP) is 3.07. The number of nitrogens with zero attached hydrogens (tertiary/aromatic N) is 1. The molecule has 0 amide bonds. The van der Waals surface area contributed by atoms with Crippen molar-refractivity contribution in [2.24, 2.45) is 0 Å². The molecule has 2 atom stereocenters. The van der Waals surface area contributed by atoms with Gasteiger partial charge in [0, 0.05) is 10.1 Å². The molecule has 1 rings (SSSR count). The predicted molar refractivity (Wildman–Crippen MR) is 63.2 cm³/mol. The van der Waals surface area contributed by atoms with Gasteiger partial charge in [-0.25, -0.2) is 0 Å². The molecule has 0 radical (unpaired) electrons. The van der Waals surface area contributed by atoms with Gasteiger partial charge in [-0.2, -0.15) is 5.26 Å². The van der Waals surface area contributed by atoms with Crippen molar-refractivity contribution in [1.29, 1.82) is 5.26 Å². The molecule has 0 aliphatic rings. The molecular weight excluding hydrogens is 230 g/mol. The highest BCUT2D eigenvalue weighted by atomic mass is 35.5. The third kappa shape index (κ3) is 3.42. The molecule has 80 valence electrons. The quantitative estimate of drug-likeness (QED) is 0.828. The summed E-state index contributed by atoms with van der Waals surface area (Å²) < 4.78 is 0. The highest BCUT2D eigenvalue weighted by Gasteiger charge is 2.12. The van der Waals surface area contributed by atoms with Crippen LogP contribution >= 0.6 is 23.4 Å². The van der Waals surface area contributed by atoms with Crippen molar-refractivity contribution in [3.8, 4) is 6.07 Å². The van der Waals surface area contributed by atoms with Crippen molar-refractivity contribution in [1.82, 2.24) is 0 Å². The first-order chi connectivity index (χ1) is 7.04. The molecular formula is C11H12ClNOS. The van der Waals surface area contributed by atoms with E-state index in [4.69, 9.17) is 16.9 Å². The number of aliphatic hydroxyl groups excluding tert-OH is 1. The van der Waals surface area contributed by atoms with Gasteiger partial charge in [0.25, 0.3) is 0 Å². The van der Waals surface area contributed by atoms with Gasteiger partial charge in [-0.05, 0) is 25.1 Å². The summed E-state index contributed by atoms with van der Waals surface area (Å²) in [5, 5.41) is 18.7. The minimum absolute atomic E-state index is 0.0791. The Labute approximate surface area is 98.9 Å². The summed E-state index contributed by atoms with van der Waals surface area (Å²) in [6.07, 6.45) is -0.387. The molecule has 1 aromatic rings. The number of nitriles is 1. The molecule has 1 aromatic carbocycles. The second-order valence-corrected chi connectivity index (χ2v) is 5.15. The molecule has 0 fully saturated rings. The molecule has 1 N–H and O–H groups in total. The lowest BCUT2D eigenvalue weighted by atomic mass is 10.2. The SMILES string of the molecule is CC(O)C(C)Sc1ccc(C#N)cc1Cl. The second kappa shape index (κ2) is 5.41. The third-order valence-electron chi connectivity index (χ3n) is 2.05. The largest absolute Gasteiger partial charge is 0.392 e. The molecule has 0 bridgehead atoms. The van der Waals surface area contributed by atoms with E-state index in [2.05, 4.69) is 0 Å². The van der Waals surface area contributed by atoms with Gasteiger partial charge in [0.2, 0.25) is 0 Å². The van der Waals surface area contributed by atoms with E-state index in [9.17, 15) is 5.11 Å². The highest BCUT2D eigenvalue weighted by molar-refractivity contribution is 8.00. The van der Waals surface area contributed by atoms with E-state index in [0.29, 0.717) is 10.6 Å². The lowest BCUT2D eigenvalue weighted by Crippen LogP contribution is -2.14. The van der Waals surface area contributed by atoms with Crippen molar-refractivity contribution in [2.75, 3.05) is 0 Å². The van der Waals surface area contributed by atoms with Gasteiger partial charge < -0.3 is 5.11 Å². The first kappa shape index (κ1) is 12.4. The standard InChI is InChI=1S/C11H12ClNOS/c1-7(14)8(2)15-11-4-3-9(6-13)5-10(11)12/h3-5,7-8,14H,1-2H3. The van der Waals surface area contributed by atoms with Crippen LogP contribution in [0.3, 0.4) is 0 Å². The average molecular weight is 242 g/mol. The van der Waals surface area contributed by atoms with Crippen LogP contribution in [-0.2, 0) is 0 Å². The maximum Gasteiger partial charge on any atom is 0.0992 e. The third-order valence-corrected chi connectivity index (χ3v) is 3.85. The lowest BCUT2D eigenvalue weighted by molar-refractivity contribution is 0.196. The molecule has 0 aliphatic carbocycles. The molecule has 0 heterocycles. The number of benzene rings is 1. The summed E-state index contributed by atoms with van der Waals surface area (Å²) in [5.41, 5.74) is 0.550. The number of hydrogen-bond acceptors (Lipinski definition) is 3. The molecule has 0 saturated carbocycles. The van der Waals surface area contributed by atoms with Crippen molar-refractivity contribution in [3.63, 3.8) is 0 Å². The Hall–Kier alpha value is -0.690. The van der Waals surface area contributed by atoms with Gasteiger partial charge >= 0.3 is 0 Å². The molecule has 0 spiro atoms. The van der Waals surface area contributed by atoms with E-state index < -0.39 is 0 Å². The van der Waals surface area contributed by atoms with Crippen LogP contribution in [0.5, 0.6) is 0 Å². The van der Waals surface area contributed by atoms with Crippen molar-refractivity contribution < 1.29 is 5.11 Å². The number of aliphatic hydroxyl groups is 1. The Morgan fingerprint density at radius 1 is 1.47 bits per heavy atom. The molecule has 2 unspecified atom stereocenters. The first-order valence-electron chi connectivity index (χ1n) is 4.59. The van der Waals surface area contributed by atoms with Crippen molar-refractivity contribution >= 4 is 23.4 Å². The van der Waals surface area contributed by atoms with Crippen LogP contribution < -0.4 is 0 Å². The Balaban J connectivity index is 2.84. The second-order valence-electron chi connectivity index (χ2n) is 3.32. The minimum Gasteiger partial charge on any atom is -0.392 e. The van der Waals surface area contributed by atoms with E-state index in [-0.39, 0.29) is 11.4 Å². The smallest absolute Gasteiger partial charge is 0.0992 e. The van der Waals surface area contributed by atoms with Crippen LogP contribution in [0, 0.1) is 11.3 Å². The highest BCUT2D eigenvalue weighted by Crippen LogP contribution is 2.32. The summed E-state index contributed by atoms with van der Waals surface area (Å²) in [5.74, 6) is 0. The Bertz CT molecular complexity index is 387. The van der Waals surface area contributed by atoms with E-state index in [0.717, 1.165) is 4.90 Å². The van der Waals surface area contributed by atoms with Gasteiger partial charge in [-0.15, -0.1) is 11.8 Å². The van der Waals surface area contributed by atoms with E-state index in [1.807, 2.05) is 19.1 Å². The summed E-state index contributed by atoms with van der Waals surface area (Å²) in [7, 11) is 0. The van der Waals surface area contributed by atoms with Crippen LogP contribution in [0.25, 0.3) is 0 Å². The Morgan fingerprint density at radius 3 is 2.60 bits per heavy atom. The summed E-state index contributed by atoms with van der Waals surface area (Å²) in [6, 6.07) is 7.20. The van der Waals surface area contributed by atoms with Gasteiger partial charge in [0.1, 0.15) is 0 Å². The zero-order valence-electron chi connectivity index (χ0n) is 8.57. The van der Waals surface area contributed by atoms with Crippen LogP contribution in [-0.4, -0.2) is 16.5 Å². The molecule has 0 aliphatic heterocycles. The van der Waals surface area contributed by atoms with E-state index >= 15 is 0 Å². The fraction of sp³-hybridized carbons (Fsp3) is 0.364. The molecule has 0 aromatic heterocycles.